The molecular weight excluding hydrogens is 410 g/mol. The van der Waals surface area contributed by atoms with Crippen molar-refractivity contribution in [3.05, 3.63) is 54.1 Å². The van der Waals surface area contributed by atoms with Crippen LogP contribution in [0.4, 0.5) is 23.2 Å². The summed E-state index contributed by atoms with van der Waals surface area (Å²) in [5.41, 5.74) is 2.04. The standard InChI is InChI=1S/C24H29F4NO2/c1-16(2)18-7-4-9-20(13-18)30-21-10-5-8-19(14-21)29-15-17-6-3-11-22(12-17)31-24(27,28)23(25)26/h4-5,7-10,13-14,16-17,22-23,29H,3,6,11-12,15H2,1-2H3. The largest absolute Gasteiger partial charge is 0.457 e. The van der Waals surface area contributed by atoms with Crippen molar-refractivity contribution in [2.75, 3.05) is 11.9 Å². The smallest absolute Gasteiger partial charge is 0.416 e. The summed E-state index contributed by atoms with van der Waals surface area (Å²) in [6.45, 7) is 4.80. The van der Waals surface area contributed by atoms with Crippen LogP contribution in [-0.2, 0) is 4.74 Å². The molecule has 0 saturated heterocycles. The quantitative estimate of drug-likeness (QED) is 0.412. The number of anilines is 1. The molecule has 7 heteroatoms. The van der Waals surface area contributed by atoms with E-state index in [1.165, 1.54) is 5.56 Å². The van der Waals surface area contributed by atoms with E-state index < -0.39 is 18.6 Å². The number of rotatable bonds is 9. The lowest BCUT2D eigenvalue weighted by atomic mass is 9.87. The predicted octanol–water partition coefficient (Wildman–Crippen LogP) is 7.45. The number of hydrogen-bond donors (Lipinski definition) is 1. The first-order valence-corrected chi connectivity index (χ1v) is 10.7. The summed E-state index contributed by atoms with van der Waals surface area (Å²) in [5.74, 6) is 1.92. The maximum absolute atomic E-state index is 13.2. The summed E-state index contributed by atoms with van der Waals surface area (Å²) in [6, 6.07) is 15.5. The molecular formula is C24H29F4NO2. The van der Waals surface area contributed by atoms with Crippen LogP contribution in [0.25, 0.3) is 0 Å². The highest BCUT2D eigenvalue weighted by atomic mass is 19.3. The Hall–Kier alpha value is -2.28. The van der Waals surface area contributed by atoms with Crippen molar-refractivity contribution in [1.82, 2.24) is 0 Å². The molecule has 2 atom stereocenters. The van der Waals surface area contributed by atoms with Crippen LogP contribution in [0.2, 0.25) is 0 Å². The van der Waals surface area contributed by atoms with Crippen LogP contribution in [0.15, 0.2) is 48.5 Å². The molecule has 0 aliphatic heterocycles. The molecule has 2 aromatic carbocycles. The van der Waals surface area contributed by atoms with Gasteiger partial charge in [0.15, 0.2) is 0 Å². The average Bonchev–Trinajstić information content (AvgIpc) is 2.72. The molecule has 1 fully saturated rings. The fourth-order valence-electron chi connectivity index (χ4n) is 3.81. The third kappa shape index (κ3) is 6.86. The first-order chi connectivity index (χ1) is 14.7. The third-order valence-electron chi connectivity index (χ3n) is 5.50. The van der Waals surface area contributed by atoms with Gasteiger partial charge >= 0.3 is 12.5 Å². The molecule has 2 unspecified atom stereocenters. The molecule has 1 N–H and O–H groups in total. The van der Waals surface area contributed by atoms with Crippen molar-refractivity contribution in [3.63, 3.8) is 0 Å². The van der Waals surface area contributed by atoms with Gasteiger partial charge in [0.1, 0.15) is 11.5 Å². The fraction of sp³-hybridized carbons (Fsp3) is 0.500. The van der Waals surface area contributed by atoms with E-state index in [9.17, 15) is 17.6 Å². The maximum atomic E-state index is 13.2. The second-order valence-electron chi connectivity index (χ2n) is 8.37. The van der Waals surface area contributed by atoms with Crippen molar-refractivity contribution in [2.45, 2.75) is 64.1 Å². The summed E-state index contributed by atoms with van der Waals surface area (Å²) in [7, 11) is 0. The van der Waals surface area contributed by atoms with Gasteiger partial charge in [-0.25, -0.2) is 8.78 Å². The van der Waals surface area contributed by atoms with Gasteiger partial charge in [0, 0.05) is 18.3 Å². The molecule has 0 aromatic heterocycles. The Labute approximate surface area is 180 Å². The number of alkyl halides is 4. The number of halogens is 4. The molecule has 1 aliphatic rings. The molecule has 1 aliphatic carbocycles. The Morgan fingerprint density at radius 3 is 2.45 bits per heavy atom. The van der Waals surface area contributed by atoms with E-state index in [0.717, 1.165) is 17.9 Å². The molecule has 3 rings (SSSR count). The minimum atomic E-state index is -4.39. The van der Waals surface area contributed by atoms with Gasteiger partial charge in [-0.1, -0.05) is 38.5 Å². The van der Waals surface area contributed by atoms with Crippen molar-refractivity contribution in [3.8, 4) is 11.5 Å². The van der Waals surface area contributed by atoms with Crippen LogP contribution in [-0.4, -0.2) is 25.2 Å². The minimum absolute atomic E-state index is 0.0690. The van der Waals surface area contributed by atoms with Gasteiger partial charge in [-0.15, -0.1) is 0 Å². The molecule has 0 amide bonds. The topological polar surface area (TPSA) is 30.5 Å². The van der Waals surface area contributed by atoms with Crippen molar-refractivity contribution < 1.29 is 27.0 Å². The lowest BCUT2D eigenvalue weighted by Crippen LogP contribution is -2.37. The predicted molar refractivity (Wildman–Crippen MR) is 113 cm³/mol. The molecule has 170 valence electrons. The lowest BCUT2D eigenvalue weighted by molar-refractivity contribution is -0.322. The van der Waals surface area contributed by atoms with Crippen LogP contribution in [0.5, 0.6) is 11.5 Å². The van der Waals surface area contributed by atoms with Crippen LogP contribution in [0.1, 0.15) is 51.0 Å². The van der Waals surface area contributed by atoms with Gasteiger partial charge in [-0.05, 0) is 60.9 Å². The Kier molecular flexibility index (Phi) is 7.81. The maximum Gasteiger partial charge on any atom is 0.416 e. The van der Waals surface area contributed by atoms with Crippen LogP contribution in [0.3, 0.4) is 0 Å². The Morgan fingerprint density at radius 2 is 1.74 bits per heavy atom. The molecule has 2 aromatic rings. The summed E-state index contributed by atoms with van der Waals surface area (Å²) < 4.78 is 61.6. The molecule has 31 heavy (non-hydrogen) atoms. The van der Waals surface area contributed by atoms with Gasteiger partial charge in [-0.3, -0.25) is 0 Å². The molecule has 0 spiro atoms. The zero-order valence-corrected chi connectivity index (χ0v) is 17.8. The zero-order chi connectivity index (χ0) is 22.4. The number of benzene rings is 2. The van der Waals surface area contributed by atoms with Crippen LogP contribution < -0.4 is 10.1 Å². The summed E-state index contributed by atoms with van der Waals surface area (Å²) >= 11 is 0. The van der Waals surface area contributed by atoms with Gasteiger partial charge in [0.05, 0.1) is 6.10 Å². The van der Waals surface area contributed by atoms with Gasteiger partial charge in [0.2, 0.25) is 0 Å². The fourth-order valence-corrected chi connectivity index (χ4v) is 3.81. The molecule has 3 nitrogen and oxygen atoms in total. The third-order valence-corrected chi connectivity index (χ3v) is 5.50. The number of hydrogen-bond acceptors (Lipinski definition) is 3. The first kappa shape index (κ1) is 23.4. The van der Waals surface area contributed by atoms with E-state index >= 15 is 0 Å². The van der Waals surface area contributed by atoms with Crippen molar-refractivity contribution >= 4 is 5.69 Å². The Morgan fingerprint density at radius 1 is 1.03 bits per heavy atom. The normalized spacial score (nSPS) is 19.6. The molecule has 1 saturated carbocycles. The van der Waals surface area contributed by atoms with Gasteiger partial charge in [-0.2, -0.15) is 8.78 Å². The van der Waals surface area contributed by atoms with Crippen molar-refractivity contribution in [1.29, 1.82) is 0 Å². The van der Waals surface area contributed by atoms with Gasteiger partial charge in [0.25, 0.3) is 0 Å². The Bertz CT molecular complexity index is 844. The average molecular weight is 439 g/mol. The Balaban J connectivity index is 1.54. The van der Waals surface area contributed by atoms with E-state index in [0.29, 0.717) is 37.5 Å². The van der Waals surface area contributed by atoms with Crippen LogP contribution >= 0.6 is 0 Å². The van der Waals surface area contributed by atoms with Crippen LogP contribution in [0, 0.1) is 5.92 Å². The van der Waals surface area contributed by atoms with E-state index in [1.807, 2.05) is 42.5 Å². The van der Waals surface area contributed by atoms with E-state index in [2.05, 4.69) is 30.0 Å². The minimum Gasteiger partial charge on any atom is -0.457 e. The molecule has 0 bridgehead atoms. The van der Waals surface area contributed by atoms with E-state index in [1.54, 1.807) is 0 Å². The highest BCUT2D eigenvalue weighted by Gasteiger charge is 2.45. The SMILES string of the molecule is CC(C)c1cccc(Oc2cccc(NCC3CCCC(OC(F)(F)C(F)F)C3)c2)c1. The first-order valence-electron chi connectivity index (χ1n) is 10.7. The highest BCUT2D eigenvalue weighted by molar-refractivity contribution is 5.49. The van der Waals surface area contributed by atoms with Gasteiger partial charge < -0.3 is 14.8 Å². The lowest BCUT2D eigenvalue weighted by Gasteiger charge is -2.31. The summed E-state index contributed by atoms with van der Waals surface area (Å²) in [6.07, 6.45) is -6.84. The number of nitrogens with one attached hydrogen (secondary N) is 1. The zero-order valence-electron chi connectivity index (χ0n) is 17.8. The monoisotopic (exact) mass is 439 g/mol. The second-order valence-corrected chi connectivity index (χ2v) is 8.37. The van der Waals surface area contributed by atoms with E-state index in [4.69, 9.17) is 4.74 Å². The molecule has 0 heterocycles. The highest BCUT2D eigenvalue weighted by Crippen LogP contribution is 2.34. The summed E-state index contributed by atoms with van der Waals surface area (Å²) in [5, 5.41) is 3.31. The number of ether oxygens (including phenoxy) is 2. The second kappa shape index (κ2) is 10.4. The van der Waals surface area contributed by atoms with E-state index in [-0.39, 0.29) is 5.92 Å². The molecule has 0 radical (unpaired) electrons. The summed E-state index contributed by atoms with van der Waals surface area (Å²) in [4.78, 5) is 0. The van der Waals surface area contributed by atoms with Crippen molar-refractivity contribution in [2.24, 2.45) is 5.92 Å².